The first-order chi connectivity index (χ1) is 6.25. The average Bonchev–Trinajstić information content (AvgIpc) is 2.15. The molecule has 0 aliphatic heterocycles. The lowest BCUT2D eigenvalue weighted by Gasteiger charge is -2.04. The van der Waals surface area contributed by atoms with Crippen molar-refractivity contribution < 1.29 is 9.53 Å². The number of alkyl halides is 1. The SMILES string of the molecule is Cc1ccccc1C(=O)OCCCl. The summed E-state index contributed by atoms with van der Waals surface area (Å²) in [4.78, 5) is 11.3. The van der Waals surface area contributed by atoms with Gasteiger partial charge in [-0.2, -0.15) is 0 Å². The molecule has 1 rings (SSSR count). The minimum absolute atomic E-state index is 0.259. The van der Waals surface area contributed by atoms with E-state index in [9.17, 15) is 4.79 Å². The zero-order valence-corrected chi connectivity index (χ0v) is 8.17. The summed E-state index contributed by atoms with van der Waals surface area (Å²) < 4.78 is 4.89. The summed E-state index contributed by atoms with van der Waals surface area (Å²) in [5.74, 6) is 0.0243. The number of hydrogen-bond acceptors (Lipinski definition) is 2. The van der Waals surface area contributed by atoms with Crippen LogP contribution >= 0.6 is 11.6 Å². The van der Waals surface area contributed by atoms with Crippen LogP contribution in [0.2, 0.25) is 0 Å². The lowest BCUT2D eigenvalue weighted by molar-refractivity contribution is 0.0528. The molecule has 3 heteroatoms. The number of halogens is 1. The summed E-state index contributed by atoms with van der Waals surface area (Å²) in [6, 6.07) is 7.31. The Kier molecular flexibility index (Phi) is 3.77. The van der Waals surface area contributed by atoms with Crippen molar-refractivity contribution in [3.63, 3.8) is 0 Å². The number of carbonyl (C=O) groups is 1. The van der Waals surface area contributed by atoms with Gasteiger partial charge in [-0.15, -0.1) is 11.6 Å². The van der Waals surface area contributed by atoms with Gasteiger partial charge in [0.15, 0.2) is 0 Å². The molecule has 0 fully saturated rings. The van der Waals surface area contributed by atoms with E-state index in [1.54, 1.807) is 6.07 Å². The molecule has 0 saturated heterocycles. The largest absolute Gasteiger partial charge is 0.461 e. The molecule has 0 amide bonds. The number of benzene rings is 1. The quantitative estimate of drug-likeness (QED) is 0.551. The van der Waals surface area contributed by atoms with Gasteiger partial charge < -0.3 is 4.74 Å². The van der Waals surface area contributed by atoms with Crippen molar-refractivity contribution in [2.24, 2.45) is 0 Å². The van der Waals surface area contributed by atoms with E-state index in [1.807, 2.05) is 25.1 Å². The van der Waals surface area contributed by atoms with Crippen molar-refractivity contribution in [3.8, 4) is 0 Å². The van der Waals surface area contributed by atoms with Crippen LogP contribution in [0.5, 0.6) is 0 Å². The molecule has 1 aromatic carbocycles. The van der Waals surface area contributed by atoms with Crippen LogP contribution in [0.1, 0.15) is 15.9 Å². The van der Waals surface area contributed by atoms with Crippen molar-refractivity contribution in [1.82, 2.24) is 0 Å². The van der Waals surface area contributed by atoms with Crippen LogP contribution in [0.4, 0.5) is 0 Å². The molecular formula is C10H11ClO2. The maximum Gasteiger partial charge on any atom is 0.338 e. The van der Waals surface area contributed by atoms with E-state index in [1.165, 1.54) is 0 Å². The molecule has 2 nitrogen and oxygen atoms in total. The first-order valence-corrected chi connectivity index (χ1v) is 4.58. The van der Waals surface area contributed by atoms with Gasteiger partial charge in [0, 0.05) is 0 Å². The minimum atomic E-state index is -0.307. The summed E-state index contributed by atoms with van der Waals surface area (Å²) in [6.45, 7) is 2.13. The normalized spacial score (nSPS) is 9.69. The summed E-state index contributed by atoms with van der Waals surface area (Å²) >= 11 is 5.40. The summed E-state index contributed by atoms with van der Waals surface area (Å²) in [7, 11) is 0. The second-order valence-electron chi connectivity index (χ2n) is 2.64. The molecule has 1 aromatic rings. The van der Waals surface area contributed by atoms with Crippen LogP contribution in [0.15, 0.2) is 24.3 Å². The van der Waals surface area contributed by atoms with Gasteiger partial charge in [0.2, 0.25) is 0 Å². The molecule has 0 aliphatic rings. The molecule has 0 bridgehead atoms. The van der Waals surface area contributed by atoms with Crippen molar-refractivity contribution in [2.45, 2.75) is 6.92 Å². The zero-order valence-electron chi connectivity index (χ0n) is 7.42. The monoisotopic (exact) mass is 198 g/mol. The van der Waals surface area contributed by atoms with E-state index in [-0.39, 0.29) is 12.6 Å². The van der Waals surface area contributed by atoms with Gasteiger partial charge in [0.1, 0.15) is 6.61 Å². The number of carbonyl (C=O) groups excluding carboxylic acids is 1. The number of esters is 1. The Bertz CT molecular complexity index is 297. The number of ether oxygens (including phenoxy) is 1. The number of hydrogen-bond donors (Lipinski definition) is 0. The molecule has 0 unspecified atom stereocenters. The van der Waals surface area contributed by atoms with Gasteiger partial charge in [0.05, 0.1) is 11.4 Å². The van der Waals surface area contributed by atoms with E-state index in [4.69, 9.17) is 16.3 Å². The predicted molar refractivity (Wildman–Crippen MR) is 52.2 cm³/mol. The highest BCUT2D eigenvalue weighted by atomic mass is 35.5. The van der Waals surface area contributed by atoms with Gasteiger partial charge >= 0.3 is 5.97 Å². The van der Waals surface area contributed by atoms with Crippen LogP contribution in [0.3, 0.4) is 0 Å². The Hall–Kier alpha value is -1.02. The fourth-order valence-corrected chi connectivity index (χ4v) is 1.09. The highest BCUT2D eigenvalue weighted by Gasteiger charge is 2.08. The fourth-order valence-electron chi connectivity index (χ4n) is 1.01. The lowest BCUT2D eigenvalue weighted by atomic mass is 10.1. The summed E-state index contributed by atoms with van der Waals surface area (Å²) in [6.07, 6.45) is 0. The maximum absolute atomic E-state index is 11.3. The molecule has 13 heavy (non-hydrogen) atoms. The molecule has 0 aliphatic carbocycles. The molecule has 0 saturated carbocycles. The van der Waals surface area contributed by atoms with Gasteiger partial charge in [-0.3, -0.25) is 0 Å². The number of aryl methyl sites for hydroxylation is 1. The van der Waals surface area contributed by atoms with Gasteiger partial charge in [0.25, 0.3) is 0 Å². The van der Waals surface area contributed by atoms with Crippen LogP contribution in [-0.2, 0) is 4.74 Å². The van der Waals surface area contributed by atoms with Crippen molar-refractivity contribution in [1.29, 1.82) is 0 Å². The molecular weight excluding hydrogens is 188 g/mol. The molecule has 0 N–H and O–H groups in total. The Morgan fingerprint density at radius 2 is 2.15 bits per heavy atom. The lowest BCUT2D eigenvalue weighted by Crippen LogP contribution is -2.08. The first-order valence-electron chi connectivity index (χ1n) is 4.04. The predicted octanol–water partition coefficient (Wildman–Crippen LogP) is 2.39. The van der Waals surface area contributed by atoms with Gasteiger partial charge in [-0.05, 0) is 18.6 Å². The third kappa shape index (κ3) is 2.74. The Balaban J connectivity index is 2.71. The topological polar surface area (TPSA) is 26.3 Å². The Morgan fingerprint density at radius 3 is 2.77 bits per heavy atom. The Labute approximate surface area is 82.5 Å². The Morgan fingerprint density at radius 1 is 1.46 bits per heavy atom. The maximum atomic E-state index is 11.3. The highest BCUT2D eigenvalue weighted by Crippen LogP contribution is 2.08. The van der Waals surface area contributed by atoms with E-state index in [0.29, 0.717) is 11.4 Å². The molecule has 0 aromatic heterocycles. The average molecular weight is 199 g/mol. The molecule has 0 atom stereocenters. The molecule has 0 radical (unpaired) electrons. The van der Waals surface area contributed by atoms with E-state index in [0.717, 1.165) is 5.56 Å². The van der Waals surface area contributed by atoms with Gasteiger partial charge in [-0.1, -0.05) is 18.2 Å². The summed E-state index contributed by atoms with van der Waals surface area (Å²) in [5.41, 5.74) is 1.52. The van der Waals surface area contributed by atoms with E-state index >= 15 is 0 Å². The first kappa shape index (κ1) is 10.1. The van der Waals surface area contributed by atoms with E-state index in [2.05, 4.69) is 0 Å². The number of rotatable bonds is 3. The zero-order chi connectivity index (χ0) is 9.68. The van der Waals surface area contributed by atoms with Crippen LogP contribution in [0, 0.1) is 6.92 Å². The fraction of sp³-hybridized carbons (Fsp3) is 0.300. The molecule has 0 spiro atoms. The highest BCUT2D eigenvalue weighted by molar-refractivity contribution is 6.18. The van der Waals surface area contributed by atoms with Crippen LogP contribution < -0.4 is 0 Å². The third-order valence-corrected chi connectivity index (χ3v) is 1.83. The minimum Gasteiger partial charge on any atom is -0.461 e. The summed E-state index contributed by atoms with van der Waals surface area (Å²) in [5, 5.41) is 0. The van der Waals surface area contributed by atoms with Crippen molar-refractivity contribution in [3.05, 3.63) is 35.4 Å². The van der Waals surface area contributed by atoms with Crippen LogP contribution in [-0.4, -0.2) is 18.5 Å². The molecule has 70 valence electrons. The van der Waals surface area contributed by atoms with Crippen molar-refractivity contribution in [2.75, 3.05) is 12.5 Å². The molecule has 0 heterocycles. The smallest absolute Gasteiger partial charge is 0.338 e. The van der Waals surface area contributed by atoms with Crippen molar-refractivity contribution >= 4 is 17.6 Å². The van der Waals surface area contributed by atoms with Gasteiger partial charge in [-0.25, -0.2) is 4.79 Å². The second-order valence-corrected chi connectivity index (χ2v) is 3.02. The second kappa shape index (κ2) is 4.87. The van der Waals surface area contributed by atoms with E-state index < -0.39 is 0 Å². The standard InChI is InChI=1S/C10H11ClO2/c1-8-4-2-3-5-9(8)10(12)13-7-6-11/h2-5H,6-7H2,1H3. The van der Waals surface area contributed by atoms with Crippen LogP contribution in [0.25, 0.3) is 0 Å². The third-order valence-electron chi connectivity index (χ3n) is 1.68.